The van der Waals surface area contributed by atoms with E-state index in [2.05, 4.69) is 5.32 Å². The summed E-state index contributed by atoms with van der Waals surface area (Å²) in [7, 11) is -4.47. The summed E-state index contributed by atoms with van der Waals surface area (Å²) < 4.78 is 31.4. The number of rotatable bonds is 7. The van der Waals surface area contributed by atoms with Crippen LogP contribution < -0.4 is 5.32 Å². The van der Waals surface area contributed by atoms with Crippen molar-refractivity contribution in [3.63, 3.8) is 0 Å². The Morgan fingerprint density at radius 1 is 1.35 bits per heavy atom. The highest BCUT2D eigenvalue weighted by molar-refractivity contribution is 14.1. The Morgan fingerprint density at radius 3 is 2.35 bits per heavy atom. The van der Waals surface area contributed by atoms with Gasteiger partial charge in [0.25, 0.3) is 21.9 Å². The van der Waals surface area contributed by atoms with Crippen LogP contribution >= 0.6 is 22.6 Å². The molecule has 0 radical (unpaired) electrons. The lowest BCUT2D eigenvalue weighted by Gasteiger charge is -2.16. The molecule has 1 rings (SSSR count). The van der Waals surface area contributed by atoms with Crippen molar-refractivity contribution in [3.8, 4) is 0 Å². The van der Waals surface area contributed by atoms with Gasteiger partial charge in [-0.1, -0.05) is 22.6 Å². The summed E-state index contributed by atoms with van der Waals surface area (Å²) in [6.07, 6.45) is 2.21. The van der Waals surface area contributed by atoms with E-state index in [1.54, 1.807) is 0 Å². The predicted octanol–water partition coefficient (Wildman–Crippen LogP) is -0.891. The Balaban J connectivity index is 2.50. The van der Waals surface area contributed by atoms with Gasteiger partial charge in [-0.25, -0.2) is 0 Å². The molecule has 0 spiro atoms. The maximum absolute atomic E-state index is 11.7. The summed E-state index contributed by atoms with van der Waals surface area (Å²) in [4.78, 5) is 35.0. The standard InChI is InChI=1S/C10H13IN2O6S/c11-4-3-7(20(17,18)19)10(16)12-5-6-13-8(14)1-2-9(13)15/h1-2,7H,3-6H2,(H,12,16)(H,17,18,19). The maximum Gasteiger partial charge on any atom is 0.276 e. The van der Waals surface area contributed by atoms with Crippen molar-refractivity contribution in [1.82, 2.24) is 10.2 Å². The average Bonchev–Trinajstić information content (AvgIpc) is 2.65. The van der Waals surface area contributed by atoms with Crippen LogP contribution in [0.25, 0.3) is 0 Å². The molecule has 20 heavy (non-hydrogen) atoms. The third-order valence-corrected chi connectivity index (χ3v) is 4.35. The average molecular weight is 416 g/mol. The molecule has 0 aromatic carbocycles. The van der Waals surface area contributed by atoms with Gasteiger partial charge in [0.1, 0.15) is 0 Å². The van der Waals surface area contributed by atoms with Crippen LogP contribution in [0.2, 0.25) is 0 Å². The van der Waals surface area contributed by atoms with Crippen molar-refractivity contribution in [3.05, 3.63) is 12.2 Å². The summed E-state index contributed by atoms with van der Waals surface area (Å²) >= 11 is 1.89. The van der Waals surface area contributed by atoms with E-state index in [1.165, 1.54) is 0 Å². The molecule has 8 nitrogen and oxygen atoms in total. The number of halogens is 1. The normalized spacial score (nSPS) is 16.6. The summed E-state index contributed by atoms with van der Waals surface area (Å²) in [5, 5.41) is 0.747. The Bertz CT molecular complexity index is 526. The molecular formula is C10H13IN2O6S. The van der Waals surface area contributed by atoms with Crippen molar-refractivity contribution in [1.29, 1.82) is 0 Å². The molecule has 0 aromatic rings. The number of carbonyl (C=O) groups excluding carboxylic acids is 3. The van der Waals surface area contributed by atoms with Gasteiger partial charge in [0, 0.05) is 29.7 Å². The van der Waals surface area contributed by atoms with Gasteiger partial charge in [-0.05, 0) is 6.42 Å². The molecule has 1 aliphatic heterocycles. The smallest absolute Gasteiger partial charge is 0.276 e. The van der Waals surface area contributed by atoms with Crippen LogP contribution in [0.1, 0.15) is 6.42 Å². The third-order valence-electron chi connectivity index (χ3n) is 2.56. The van der Waals surface area contributed by atoms with Crippen LogP contribution in [0.15, 0.2) is 12.2 Å². The van der Waals surface area contributed by atoms with Gasteiger partial charge in [0.15, 0.2) is 5.25 Å². The highest BCUT2D eigenvalue weighted by Gasteiger charge is 2.30. The van der Waals surface area contributed by atoms with Crippen molar-refractivity contribution in [2.75, 3.05) is 17.5 Å². The molecule has 0 fully saturated rings. The Morgan fingerprint density at radius 2 is 1.90 bits per heavy atom. The lowest BCUT2D eigenvalue weighted by molar-refractivity contribution is -0.137. The zero-order valence-electron chi connectivity index (χ0n) is 10.3. The Hall–Kier alpha value is -1.01. The quantitative estimate of drug-likeness (QED) is 0.241. The van der Waals surface area contributed by atoms with Gasteiger partial charge < -0.3 is 5.32 Å². The first kappa shape index (κ1) is 17.0. The number of carbonyl (C=O) groups is 3. The van der Waals surface area contributed by atoms with Crippen molar-refractivity contribution in [2.24, 2.45) is 0 Å². The third kappa shape index (κ3) is 4.52. The number of hydrogen-bond acceptors (Lipinski definition) is 5. The Kier molecular flexibility index (Phi) is 6.07. The highest BCUT2D eigenvalue weighted by Crippen LogP contribution is 2.07. The van der Waals surface area contributed by atoms with Crippen LogP contribution in [-0.4, -0.2) is 58.4 Å². The first-order valence-corrected chi connectivity index (χ1v) is 8.63. The van der Waals surface area contributed by atoms with E-state index in [0.29, 0.717) is 4.43 Å². The molecule has 0 aromatic heterocycles. The largest absolute Gasteiger partial charge is 0.353 e. The second-order valence-corrected chi connectivity index (χ2v) is 6.61. The monoisotopic (exact) mass is 416 g/mol. The van der Waals surface area contributed by atoms with E-state index in [4.69, 9.17) is 4.55 Å². The molecular weight excluding hydrogens is 403 g/mol. The van der Waals surface area contributed by atoms with Crippen molar-refractivity contribution >= 4 is 50.4 Å². The van der Waals surface area contributed by atoms with E-state index < -0.39 is 33.1 Å². The molecule has 112 valence electrons. The highest BCUT2D eigenvalue weighted by atomic mass is 127. The maximum atomic E-state index is 11.7. The first-order valence-electron chi connectivity index (χ1n) is 5.61. The van der Waals surface area contributed by atoms with E-state index in [9.17, 15) is 22.8 Å². The van der Waals surface area contributed by atoms with Gasteiger partial charge in [0.2, 0.25) is 5.91 Å². The van der Waals surface area contributed by atoms with Crippen molar-refractivity contribution in [2.45, 2.75) is 11.7 Å². The van der Waals surface area contributed by atoms with E-state index in [1.807, 2.05) is 22.6 Å². The van der Waals surface area contributed by atoms with Crippen LogP contribution in [0, 0.1) is 0 Å². The first-order chi connectivity index (χ1) is 9.27. The van der Waals surface area contributed by atoms with Crippen LogP contribution in [0.5, 0.6) is 0 Å². The fourth-order valence-electron chi connectivity index (χ4n) is 1.57. The molecule has 1 heterocycles. The molecule has 1 atom stereocenters. The van der Waals surface area contributed by atoms with E-state index in [0.717, 1.165) is 17.1 Å². The van der Waals surface area contributed by atoms with Crippen LogP contribution in [0.3, 0.4) is 0 Å². The van der Waals surface area contributed by atoms with E-state index in [-0.39, 0.29) is 19.5 Å². The molecule has 10 heteroatoms. The lowest BCUT2D eigenvalue weighted by atomic mass is 10.3. The van der Waals surface area contributed by atoms with Gasteiger partial charge >= 0.3 is 0 Å². The zero-order chi connectivity index (χ0) is 15.3. The topological polar surface area (TPSA) is 121 Å². The fraction of sp³-hybridized carbons (Fsp3) is 0.500. The SMILES string of the molecule is O=C(NCCN1C(=O)C=CC1=O)C(CCI)S(=O)(=O)O. The van der Waals surface area contributed by atoms with Crippen LogP contribution in [0.4, 0.5) is 0 Å². The molecule has 1 aliphatic rings. The summed E-state index contributed by atoms with van der Waals surface area (Å²) in [6, 6.07) is 0. The van der Waals surface area contributed by atoms with Gasteiger partial charge in [0.05, 0.1) is 0 Å². The molecule has 0 aliphatic carbocycles. The number of amides is 3. The van der Waals surface area contributed by atoms with Gasteiger partial charge in [-0.15, -0.1) is 0 Å². The molecule has 2 N–H and O–H groups in total. The van der Waals surface area contributed by atoms with Crippen molar-refractivity contribution < 1.29 is 27.4 Å². The molecule has 0 bridgehead atoms. The zero-order valence-corrected chi connectivity index (χ0v) is 13.3. The molecule has 0 saturated heterocycles. The number of nitrogens with zero attached hydrogens (tertiary/aromatic N) is 1. The number of imide groups is 1. The predicted molar refractivity (Wildman–Crippen MR) is 77.7 cm³/mol. The minimum absolute atomic E-state index is 0.0195. The molecule has 1 unspecified atom stereocenters. The summed E-state index contributed by atoms with van der Waals surface area (Å²) in [5.74, 6) is -1.82. The van der Waals surface area contributed by atoms with Crippen LogP contribution in [-0.2, 0) is 24.5 Å². The number of nitrogens with one attached hydrogen (secondary N) is 1. The lowest BCUT2D eigenvalue weighted by Crippen LogP contribution is -2.44. The molecule has 0 saturated carbocycles. The second-order valence-electron chi connectivity index (χ2n) is 3.93. The summed E-state index contributed by atoms with van der Waals surface area (Å²) in [6.45, 7) is -0.135. The van der Waals surface area contributed by atoms with E-state index >= 15 is 0 Å². The Labute approximate surface area is 129 Å². The summed E-state index contributed by atoms with van der Waals surface area (Å²) in [5.41, 5.74) is 0. The molecule has 3 amide bonds. The van der Waals surface area contributed by atoms with Gasteiger partial charge in [-0.2, -0.15) is 8.42 Å². The fourth-order valence-corrected chi connectivity index (χ4v) is 3.39. The number of alkyl halides is 1. The van der Waals surface area contributed by atoms with Gasteiger partial charge in [-0.3, -0.25) is 23.8 Å². The minimum Gasteiger partial charge on any atom is -0.353 e. The second kappa shape index (κ2) is 7.13. The number of hydrogen-bond donors (Lipinski definition) is 2. The minimum atomic E-state index is -4.47.